The Morgan fingerprint density at radius 1 is 0.933 bits per heavy atom. The lowest BCUT2D eigenvalue weighted by Gasteiger charge is -2.25. The summed E-state index contributed by atoms with van der Waals surface area (Å²) in [5.41, 5.74) is 4.72. The fourth-order valence-corrected chi connectivity index (χ4v) is 6.56. The zero-order chi connectivity index (χ0) is 32.7. The molecule has 0 saturated heterocycles. The molecule has 4 rings (SSSR count). The number of carbonyl (C=O) groups is 1. The van der Waals surface area contributed by atoms with Gasteiger partial charge in [0, 0.05) is 5.02 Å². The van der Waals surface area contributed by atoms with Gasteiger partial charge in [0.2, 0.25) is 0 Å². The van der Waals surface area contributed by atoms with E-state index in [1.54, 1.807) is 48.5 Å². The third-order valence-corrected chi connectivity index (χ3v) is 9.66. The molecule has 0 bridgehead atoms. The van der Waals surface area contributed by atoms with Crippen molar-refractivity contribution in [2.24, 2.45) is 5.10 Å². The molecule has 0 atom stereocenters. The minimum atomic E-state index is -4.21. The van der Waals surface area contributed by atoms with Gasteiger partial charge in [0.25, 0.3) is 15.9 Å². The van der Waals surface area contributed by atoms with Crippen LogP contribution in [0.2, 0.25) is 15.1 Å². The van der Waals surface area contributed by atoms with Crippen molar-refractivity contribution in [3.05, 3.63) is 109 Å². The van der Waals surface area contributed by atoms with Crippen molar-refractivity contribution in [1.29, 1.82) is 0 Å². The summed E-state index contributed by atoms with van der Waals surface area (Å²) in [5.74, 6) is 0.346. The fraction of sp³-hybridized carbons (Fsp3) is 0.161. The van der Waals surface area contributed by atoms with Gasteiger partial charge in [-0.2, -0.15) is 5.10 Å². The van der Waals surface area contributed by atoms with Crippen LogP contribution in [0.5, 0.6) is 17.2 Å². The van der Waals surface area contributed by atoms with Crippen LogP contribution in [0.4, 0.5) is 5.69 Å². The summed E-state index contributed by atoms with van der Waals surface area (Å²) in [5, 5.41) is 5.15. The maximum atomic E-state index is 13.7. The second-order valence-electron chi connectivity index (χ2n) is 9.51. The third-order valence-electron chi connectivity index (χ3n) is 6.33. The quantitative estimate of drug-likeness (QED) is 0.118. The normalized spacial score (nSPS) is 11.4. The van der Waals surface area contributed by atoms with Crippen LogP contribution in [0.15, 0.2) is 87.3 Å². The molecule has 0 aliphatic rings. The van der Waals surface area contributed by atoms with Gasteiger partial charge in [0.15, 0.2) is 11.5 Å². The fourth-order valence-electron chi connectivity index (χ4n) is 4.08. The number of hydrogen-bond donors (Lipinski definition) is 1. The van der Waals surface area contributed by atoms with Crippen LogP contribution in [0.3, 0.4) is 0 Å². The number of hydrazone groups is 1. The molecule has 0 aliphatic heterocycles. The van der Waals surface area contributed by atoms with Crippen molar-refractivity contribution in [1.82, 2.24) is 5.43 Å². The van der Waals surface area contributed by atoms with E-state index in [9.17, 15) is 13.2 Å². The van der Waals surface area contributed by atoms with Crippen molar-refractivity contribution in [2.75, 3.05) is 25.1 Å². The maximum Gasteiger partial charge on any atom is 0.264 e. The average molecular weight is 756 g/mol. The van der Waals surface area contributed by atoms with Crippen molar-refractivity contribution < 1.29 is 27.4 Å². The van der Waals surface area contributed by atoms with Crippen molar-refractivity contribution in [3.63, 3.8) is 0 Å². The second kappa shape index (κ2) is 15.2. The molecule has 236 valence electrons. The van der Waals surface area contributed by atoms with Gasteiger partial charge < -0.3 is 14.2 Å². The smallest absolute Gasteiger partial charge is 0.264 e. The molecule has 14 heteroatoms. The summed E-state index contributed by atoms with van der Waals surface area (Å²) in [4.78, 5) is 13.1. The van der Waals surface area contributed by atoms with Gasteiger partial charge in [-0.15, -0.1) is 0 Å². The van der Waals surface area contributed by atoms with E-state index in [1.165, 1.54) is 44.7 Å². The highest BCUT2D eigenvalue weighted by Crippen LogP contribution is 2.37. The van der Waals surface area contributed by atoms with Gasteiger partial charge in [-0.05, 0) is 88.6 Å². The molecular weight excluding hydrogens is 729 g/mol. The van der Waals surface area contributed by atoms with Gasteiger partial charge in [-0.25, -0.2) is 13.8 Å². The predicted octanol–water partition coefficient (Wildman–Crippen LogP) is 7.66. The number of sulfonamides is 1. The van der Waals surface area contributed by atoms with Crippen LogP contribution >= 0.6 is 50.7 Å². The number of nitrogens with one attached hydrogen (secondary N) is 1. The zero-order valence-electron chi connectivity index (χ0n) is 24.2. The number of nitrogens with zero attached hydrogens (tertiary/aromatic N) is 2. The van der Waals surface area contributed by atoms with E-state index in [0.717, 1.165) is 15.4 Å². The molecule has 0 spiro atoms. The number of halogens is 4. The van der Waals surface area contributed by atoms with Crippen LogP contribution < -0.4 is 23.9 Å². The number of hydrogen-bond acceptors (Lipinski definition) is 7. The molecule has 0 saturated carbocycles. The highest BCUT2D eigenvalue weighted by molar-refractivity contribution is 9.10. The van der Waals surface area contributed by atoms with E-state index in [-0.39, 0.29) is 28.0 Å². The predicted molar refractivity (Wildman–Crippen MR) is 181 cm³/mol. The monoisotopic (exact) mass is 753 g/mol. The Kier molecular flexibility index (Phi) is 11.6. The molecule has 0 unspecified atom stereocenters. The van der Waals surface area contributed by atoms with Gasteiger partial charge in [-0.1, -0.05) is 58.6 Å². The molecule has 1 N–H and O–H groups in total. The summed E-state index contributed by atoms with van der Waals surface area (Å²) in [6.07, 6.45) is 1.38. The van der Waals surface area contributed by atoms with E-state index >= 15 is 0 Å². The van der Waals surface area contributed by atoms with E-state index in [1.807, 2.05) is 6.92 Å². The standard InChI is InChI=1S/C31H27BrCl3N3O6S/c1-19-4-8-23(9-5-19)45(40,41)38(27-15-22(33)7-11-28(27)42-2)17-30(39)37-36-16-21-12-24(32)31(29(14-21)43-3)44-18-20-6-10-25(34)26(35)13-20/h4-16H,17-18H2,1-3H3,(H,37,39)/b36-16-. The average Bonchev–Trinajstić information content (AvgIpc) is 3.01. The lowest BCUT2D eigenvalue weighted by Crippen LogP contribution is -2.39. The Hall–Kier alpha value is -3.48. The minimum Gasteiger partial charge on any atom is -0.495 e. The summed E-state index contributed by atoms with van der Waals surface area (Å²) < 4.78 is 45.8. The van der Waals surface area contributed by atoms with Gasteiger partial charge in [-0.3, -0.25) is 9.10 Å². The first-order chi connectivity index (χ1) is 21.4. The number of rotatable bonds is 12. The van der Waals surface area contributed by atoms with E-state index in [4.69, 9.17) is 49.0 Å². The van der Waals surface area contributed by atoms with Crippen LogP contribution in [-0.4, -0.2) is 41.3 Å². The Balaban J connectivity index is 1.53. The summed E-state index contributed by atoms with van der Waals surface area (Å²) in [6.45, 7) is 1.43. The summed E-state index contributed by atoms with van der Waals surface area (Å²) in [6, 6.07) is 19.3. The lowest BCUT2D eigenvalue weighted by atomic mass is 10.2. The Morgan fingerprint density at radius 3 is 2.31 bits per heavy atom. The first-order valence-electron chi connectivity index (χ1n) is 13.1. The Labute approximate surface area is 284 Å². The topological polar surface area (TPSA) is 107 Å². The molecule has 1 amide bonds. The lowest BCUT2D eigenvalue weighted by molar-refractivity contribution is -0.119. The maximum absolute atomic E-state index is 13.7. The Morgan fingerprint density at radius 2 is 1.64 bits per heavy atom. The number of aryl methyl sites for hydroxylation is 1. The van der Waals surface area contributed by atoms with E-state index in [0.29, 0.717) is 31.6 Å². The number of methoxy groups -OCH3 is 2. The number of benzene rings is 4. The summed E-state index contributed by atoms with van der Waals surface area (Å²) in [7, 11) is -1.33. The number of carbonyl (C=O) groups excluding carboxylic acids is 1. The van der Waals surface area contributed by atoms with Crippen LogP contribution in [0, 0.1) is 6.92 Å². The molecule has 0 fully saturated rings. The molecule has 9 nitrogen and oxygen atoms in total. The minimum absolute atomic E-state index is 0.00940. The van der Waals surface area contributed by atoms with Crippen molar-refractivity contribution in [3.8, 4) is 17.2 Å². The molecule has 0 heterocycles. The Bertz CT molecular complexity index is 1840. The molecular formula is C31H27BrCl3N3O6S. The van der Waals surface area contributed by atoms with Gasteiger partial charge in [0.05, 0.1) is 45.5 Å². The zero-order valence-corrected chi connectivity index (χ0v) is 28.9. The first-order valence-corrected chi connectivity index (χ1v) is 16.5. The van der Waals surface area contributed by atoms with Crippen molar-refractivity contribution in [2.45, 2.75) is 18.4 Å². The van der Waals surface area contributed by atoms with E-state index < -0.39 is 22.5 Å². The second-order valence-corrected chi connectivity index (χ2v) is 13.5. The molecule has 4 aromatic rings. The molecule has 4 aromatic carbocycles. The molecule has 0 aliphatic carbocycles. The highest BCUT2D eigenvalue weighted by atomic mass is 79.9. The highest BCUT2D eigenvalue weighted by Gasteiger charge is 2.29. The number of amides is 1. The van der Waals surface area contributed by atoms with Crippen LogP contribution in [0.25, 0.3) is 0 Å². The molecule has 0 aromatic heterocycles. The van der Waals surface area contributed by atoms with E-state index in [2.05, 4.69) is 26.5 Å². The van der Waals surface area contributed by atoms with Crippen molar-refractivity contribution >= 4 is 78.6 Å². The first kappa shape index (κ1) is 34.4. The SMILES string of the molecule is COc1ccc(Cl)cc1N(CC(=O)N/N=C\c1cc(Br)c(OCc2ccc(Cl)c(Cl)c2)c(OC)c1)S(=O)(=O)c1ccc(C)cc1. The van der Waals surface area contributed by atoms with Crippen LogP contribution in [0.1, 0.15) is 16.7 Å². The largest absolute Gasteiger partial charge is 0.495 e. The summed E-state index contributed by atoms with van der Waals surface area (Å²) >= 11 is 21.8. The number of anilines is 1. The van der Waals surface area contributed by atoms with Gasteiger partial charge in [0.1, 0.15) is 18.9 Å². The third kappa shape index (κ3) is 8.62. The van der Waals surface area contributed by atoms with Gasteiger partial charge >= 0.3 is 0 Å². The molecule has 0 radical (unpaired) electrons. The van der Waals surface area contributed by atoms with Crippen LogP contribution in [-0.2, 0) is 21.4 Å². The molecule has 45 heavy (non-hydrogen) atoms. The number of ether oxygens (including phenoxy) is 3.